The van der Waals surface area contributed by atoms with Crippen LogP contribution in [-0.2, 0) is 0 Å². The smallest absolute Gasteiger partial charge is 0.208 e. The molecule has 1 atom stereocenters. The van der Waals surface area contributed by atoms with Crippen molar-refractivity contribution in [2.75, 3.05) is 33.7 Å². The number of guanidine groups is 1. The molecule has 3 N–H and O–H groups in total. The Balaban J connectivity index is 2.46. The van der Waals surface area contributed by atoms with E-state index in [4.69, 9.17) is 5.84 Å². The maximum Gasteiger partial charge on any atom is 0.208 e. The number of nitrogens with zero attached hydrogens (tertiary/aromatic N) is 3. The van der Waals surface area contributed by atoms with E-state index in [1.807, 2.05) is 7.05 Å². The van der Waals surface area contributed by atoms with Gasteiger partial charge in [-0.1, -0.05) is 0 Å². The summed E-state index contributed by atoms with van der Waals surface area (Å²) in [6, 6.07) is 0.264. The minimum atomic E-state index is 0.264. The molecule has 0 aliphatic carbocycles. The Kier molecular flexibility index (Phi) is 5.02. The highest BCUT2D eigenvalue weighted by Gasteiger charge is 2.21. The van der Waals surface area contributed by atoms with E-state index in [1.165, 1.54) is 19.5 Å². The second-order valence-corrected chi connectivity index (χ2v) is 4.99. The van der Waals surface area contributed by atoms with Crippen LogP contribution in [0.3, 0.4) is 0 Å². The van der Waals surface area contributed by atoms with E-state index in [0.29, 0.717) is 0 Å². The number of likely N-dealkylation sites (tertiary alicyclic amines) is 1. The molecule has 16 heavy (non-hydrogen) atoms. The first-order valence-electron chi connectivity index (χ1n) is 5.97. The number of nitrogens with one attached hydrogen (secondary N) is 1. The number of hydrazine groups is 1. The van der Waals surface area contributed by atoms with Crippen LogP contribution in [0.15, 0.2) is 4.99 Å². The monoisotopic (exact) mass is 227 g/mol. The number of hydrogen-bond acceptors (Lipinski definition) is 3. The van der Waals surface area contributed by atoms with E-state index in [2.05, 4.69) is 41.1 Å². The lowest BCUT2D eigenvalue weighted by Crippen LogP contribution is -2.45. The van der Waals surface area contributed by atoms with E-state index in [-0.39, 0.29) is 6.04 Å². The van der Waals surface area contributed by atoms with E-state index < -0.39 is 0 Å². The Hall–Kier alpha value is -0.810. The highest BCUT2D eigenvalue weighted by atomic mass is 15.4. The summed E-state index contributed by atoms with van der Waals surface area (Å²) in [5, 5.41) is 0. The van der Waals surface area contributed by atoms with E-state index >= 15 is 0 Å². The largest absolute Gasteiger partial charge is 0.345 e. The Morgan fingerprint density at radius 3 is 2.75 bits per heavy atom. The lowest BCUT2D eigenvalue weighted by molar-refractivity contribution is 0.349. The van der Waals surface area contributed by atoms with E-state index in [0.717, 1.165) is 18.4 Å². The zero-order valence-corrected chi connectivity index (χ0v) is 10.9. The molecular weight excluding hydrogens is 202 g/mol. The van der Waals surface area contributed by atoms with Crippen molar-refractivity contribution in [2.24, 2.45) is 16.8 Å². The Morgan fingerprint density at radius 1 is 1.62 bits per heavy atom. The molecule has 0 bridgehead atoms. The molecule has 0 aromatic rings. The summed E-state index contributed by atoms with van der Waals surface area (Å²) >= 11 is 0. The number of hydrogen-bond donors (Lipinski definition) is 2. The minimum absolute atomic E-state index is 0.264. The highest BCUT2D eigenvalue weighted by Crippen LogP contribution is 2.15. The number of nitrogens with two attached hydrogens (primary N) is 1. The quantitative estimate of drug-likeness (QED) is 0.311. The summed E-state index contributed by atoms with van der Waals surface area (Å²) in [5.41, 5.74) is 2.68. The van der Waals surface area contributed by atoms with Gasteiger partial charge in [0.15, 0.2) is 0 Å². The van der Waals surface area contributed by atoms with Crippen molar-refractivity contribution in [3.05, 3.63) is 0 Å². The van der Waals surface area contributed by atoms with Crippen molar-refractivity contribution in [3.63, 3.8) is 0 Å². The van der Waals surface area contributed by atoms with Gasteiger partial charge in [-0.05, 0) is 39.8 Å². The second-order valence-electron chi connectivity index (χ2n) is 4.99. The maximum absolute atomic E-state index is 5.49. The van der Waals surface area contributed by atoms with Gasteiger partial charge in [-0.15, -0.1) is 0 Å². The van der Waals surface area contributed by atoms with E-state index in [1.54, 1.807) is 0 Å². The zero-order valence-electron chi connectivity index (χ0n) is 10.9. The number of rotatable bonds is 3. The lowest BCUT2D eigenvalue weighted by Gasteiger charge is -2.24. The van der Waals surface area contributed by atoms with Crippen molar-refractivity contribution < 1.29 is 0 Å². The third kappa shape index (κ3) is 3.98. The van der Waals surface area contributed by atoms with Crippen LogP contribution in [0.5, 0.6) is 0 Å². The van der Waals surface area contributed by atoms with Gasteiger partial charge >= 0.3 is 0 Å². The van der Waals surface area contributed by atoms with Gasteiger partial charge in [0.2, 0.25) is 5.96 Å². The van der Waals surface area contributed by atoms with Crippen LogP contribution in [0, 0.1) is 5.92 Å². The first-order valence-corrected chi connectivity index (χ1v) is 5.97. The first-order chi connectivity index (χ1) is 7.52. The van der Waals surface area contributed by atoms with Crippen molar-refractivity contribution in [1.82, 2.24) is 15.2 Å². The predicted octanol–water partition coefficient (Wildman–Crippen LogP) is 0.0976. The normalized spacial score (nSPS) is 22.9. The standard InChI is InChI=1S/C11H25N5/c1-9(2)13-11(14-12)16(4)8-10-5-6-15(3)7-10/h9-10H,5-8,12H2,1-4H3,(H,13,14). The maximum atomic E-state index is 5.49. The molecule has 0 aromatic carbocycles. The van der Waals surface area contributed by atoms with Crippen LogP contribution in [0.4, 0.5) is 0 Å². The Morgan fingerprint density at radius 2 is 2.31 bits per heavy atom. The first kappa shape index (κ1) is 13.3. The molecule has 0 amide bonds. The summed E-state index contributed by atoms with van der Waals surface area (Å²) in [7, 11) is 4.21. The fourth-order valence-corrected chi connectivity index (χ4v) is 2.14. The van der Waals surface area contributed by atoms with Gasteiger partial charge in [-0.2, -0.15) is 0 Å². The second kappa shape index (κ2) is 6.06. The van der Waals surface area contributed by atoms with E-state index in [9.17, 15) is 0 Å². The molecule has 1 saturated heterocycles. The molecule has 0 saturated carbocycles. The van der Waals surface area contributed by atoms with Gasteiger partial charge in [0.05, 0.1) is 0 Å². The Labute approximate surface area is 98.7 Å². The van der Waals surface area contributed by atoms with Crippen molar-refractivity contribution in [1.29, 1.82) is 0 Å². The molecule has 1 aliphatic rings. The molecular formula is C11H25N5. The summed E-state index contributed by atoms with van der Waals surface area (Å²) in [6.07, 6.45) is 1.26. The Bertz CT molecular complexity index is 239. The third-order valence-corrected chi connectivity index (χ3v) is 2.89. The van der Waals surface area contributed by atoms with Gasteiger partial charge < -0.3 is 9.80 Å². The summed E-state index contributed by atoms with van der Waals surface area (Å²) in [4.78, 5) is 8.93. The topological polar surface area (TPSA) is 56.9 Å². The molecule has 0 radical (unpaired) electrons. The average Bonchev–Trinajstić information content (AvgIpc) is 2.60. The van der Waals surface area contributed by atoms with Gasteiger partial charge in [0.25, 0.3) is 0 Å². The fraction of sp³-hybridized carbons (Fsp3) is 0.909. The van der Waals surface area contributed by atoms with Gasteiger partial charge in [0, 0.05) is 26.2 Å². The SMILES string of the molecule is CC(C)N=C(NN)N(C)CC1CCN(C)C1. The van der Waals surface area contributed by atoms with Crippen molar-refractivity contribution >= 4 is 5.96 Å². The predicted molar refractivity (Wildman–Crippen MR) is 68.1 cm³/mol. The molecule has 1 heterocycles. The third-order valence-electron chi connectivity index (χ3n) is 2.89. The molecule has 0 spiro atoms. The van der Waals surface area contributed by atoms with Gasteiger partial charge in [-0.3, -0.25) is 5.43 Å². The van der Waals surface area contributed by atoms with Crippen LogP contribution in [0.25, 0.3) is 0 Å². The molecule has 1 unspecified atom stereocenters. The van der Waals surface area contributed by atoms with Crippen LogP contribution in [-0.4, -0.2) is 55.5 Å². The van der Waals surface area contributed by atoms with Gasteiger partial charge in [0.1, 0.15) is 0 Å². The summed E-state index contributed by atoms with van der Waals surface area (Å²) in [6.45, 7) is 7.48. The van der Waals surface area contributed by atoms with Gasteiger partial charge in [-0.25, -0.2) is 10.8 Å². The average molecular weight is 227 g/mol. The molecule has 0 aromatic heterocycles. The summed E-state index contributed by atoms with van der Waals surface area (Å²) in [5.74, 6) is 7.00. The molecule has 1 rings (SSSR count). The van der Waals surface area contributed by atoms with Crippen molar-refractivity contribution in [3.8, 4) is 0 Å². The minimum Gasteiger partial charge on any atom is -0.345 e. The summed E-state index contributed by atoms with van der Waals surface area (Å²) < 4.78 is 0. The van der Waals surface area contributed by atoms with Crippen LogP contribution >= 0.6 is 0 Å². The highest BCUT2D eigenvalue weighted by molar-refractivity contribution is 5.79. The van der Waals surface area contributed by atoms with Crippen molar-refractivity contribution in [2.45, 2.75) is 26.3 Å². The lowest BCUT2D eigenvalue weighted by atomic mass is 10.1. The van der Waals surface area contributed by atoms with Crippen LogP contribution in [0.2, 0.25) is 0 Å². The molecule has 1 fully saturated rings. The van der Waals surface area contributed by atoms with Crippen LogP contribution < -0.4 is 11.3 Å². The molecule has 1 aliphatic heterocycles. The molecule has 5 heteroatoms. The molecule has 94 valence electrons. The fourth-order valence-electron chi connectivity index (χ4n) is 2.14. The zero-order chi connectivity index (χ0) is 12.1. The molecule has 5 nitrogen and oxygen atoms in total. The number of aliphatic imine (C=N–C) groups is 1. The van der Waals surface area contributed by atoms with Crippen LogP contribution in [0.1, 0.15) is 20.3 Å².